The molecule has 0 aromatic heterocycles. The number of amides is 2. The summed E-state index contributed by atoms with van der Waals surface area (Å²) in [6, 6.07) is 3.45. The molecular weight excluding hydrogens is 369 g/mol. The van der Waals surface area contributed by atoms with Crippen molar-refractivity contribution in [1.29, 1.82) is 0 Å². The highest BCUT2D eigenvalue weighted by molar-refractivity contribution is 6.30. The molecule has 1 aliphatic heterocycles. The van der Waals surface area contributed by atoms with Gasteiger partial charge >= 0.3 is 12.2 Å². The first-order chi connectivity index (χ1) is 12.3. The molecule has 0 radical (unpaired) electrons. The number of nitrogens with zero attached hydrogens (tertiary/aromatic N) is 1. The number of hydrogen-bond acceptors (Lipinski definition) is 2. The van der Waals surface area contributed by atoms with Crippen molar-refractivity contribution in [2.75, 3.05) is 18.5 Å². The summed E-state index contributed by atoms with van der Waals surface area (Å²) in [5.74, 6) is 0.154. The first-order valence-corrected chi connectivity index (χ1v) is 9.26. The van der Waals surface area contributed by atoms with Gasteiger partial charge in [-0.25, -0.2) is 4.79 Å². The Kier molecular flexibility index (Phi) is 4.34. The van der Waals surface area contributed by atoms with Crippen LogP contribution in [0.2, 0.25) is 5.02 Å². The molecule has 4 nitrogen and oxygen atoms in total. The zero-order valence-corrected chi connectivity index (χ0v) is 14.9. The highest BCUT2D eigenvalue weighted by Gasteiger charge is 2.61. The van der Waals surface area contributed by atoms with Gasteiger partial charge in [-0.15, -0.1) is 0 Å². The van der Waals surface area contributed by atoms with Crippen molar-refractivity contribution < 1.29 is 22.7 Å². The molecule has 142 valence electrons. The van der Waals surface area contributed by atoms with Gasteiger partial charge in [-0.2, -0.15) is 13.2 Å². The van der Waals surface area contributed by atoms with E-state index in [1.807, 2.05) is 0 Å². The van der Waals surface area contributed by atoms with Gasteiger partial charge in [-0.1, -0.05) is 11.6 Å². The Bertz CT molecular complexity index is 719. The van der Waals surface area contributed by atoms with Gasteiger partial charge in [0.1, 0.15) is 0 Å². The quantitative estimate of drug-likeness (QED) is 0.795. The Morgan fingerprint density at radius 2 is 2.00 bits per heavy atom. The Morgan fingerprint density at radius 1 is 1.27 bits per heavy atom. The van der Waals surface area contributed by atoms with E-state index < -0.39 is 24.4 Å². The average molecular weight is 389 g/mol. The minimum Gasteiger partial charge on any atom is -0.359 e. The number of anilines is 1. The van der Waals surface area contributed by atoms with Gasteiger partial charge in [0.2, 0.25) is 5.60 Å². The number of hydrogen-bond donors (Lipinski definition) is 1. The molecule has 0 bridgehead atoms. The van der Waals surface area contributed by atoms with Crippen molar-refractivity contribution in [3.8, 4) is 0 Å². The number of halogens is 4. The topological polar surface area (TPSA) is 41.6 Å². The van der Waals surface area contributed by atoms with E-state index in [-0.39, 0.29) is 34.8 Å². The minimum absolute atomic E-state index is 0.0260. The first-order valence-electron chi connectivity index (χ1n) is 8.88. The Labute approximate surface area is 154 Å². The van der Waals surface area contributed by atoms with E-state index in [0.29, 0.717) is 12.8 Å². The molecule has 26 heavy (non-hydrogen) atoms. The van der Waals surface area contributed by atoms with E-state index in [1.54, 1.807) is 0 Å². The van der Waals surface area contributed by atoms with Crippen LogP contribution in [-0.2, 0) is 10.3 Å². The van der Waals surface area contributed by atoms with E-state index in [1.165, 1.54) is 23.1 Å². The molecule has 2 saturated carbocycles. The van der Waals surface area contributed by atoms with Crippen LogP contribution in [0.5, 0.6) is 0 Å². The zero-order valence-electron chi connectivity index (χ0n) is 14.1. The van der Waals surface area contributed by atoms with Gasteiger partial charge in [-0.05, 0) is 56.2 Å². The molecule has 0 saturated heterocycles. The Balaban J connectivity index is 1.82. The largest absolute Gasteiger partial charge is 0.423 e. The number of rotatable bonds is 4. The number of fused-ring (bicyclic) bond motifs is 1. The molecule has 1 aromatic carbocycles. The van der Waals surface area contributed by atoms with Gasteiger partial charge in [0.05, 0.1) is 13.2 Å². The predicted octanol–water partition coefficient (Wildman–Crippen LogP) is 4.92. The molecule has 4 rings (SSSR count). The van der Waals surface area contributed by atoms with Crippen molar-refractivity contribution in [3.05, 3.63) is 28.8 Å². The number of urea groups is 1. The molecule has 1 atom stereocenters. The maximum absolute atomic E-state index is 14.4. The third-order valence-electron chi connectivity index (χ3n) is 5.55. The molecular formula is C18H20ClF3N2O2. The van der Waals surface area contributed by atoms with Crippen molar-refractivity contribution in [1.82, 2.24) is 4.90 Å². The SMILES string of the molecule is O=C1Nc2ccc(Cl)cc2[C@](OCC2CC2)(C(F)(F)F)CN1C1CCC1. The van der Waals surface area contributed by atoms with E-state index in [4.69, 9.17) is 16.3 Å². The fourth-order valence-electron chi connectivity index (χ4n) is 3.53. The fourth-order valence-corrected chi connectivity index (χ4v) is 3.70. The third kappa shape index (κ3) is 3.05. The van der Waals surface area contributed by atoms with Crippen LogP contribution in [0.25, 0.3) is 0 Å². The lowest BCUT2D eigenvalue weighted by Gasteiger charge is -2.43. The second kappa shape index (κ2) is 6.30. The number of carbonyl (C=O) groups is 1. The minimum atomic E-state index is -4.68. The van der Waals surface area contributed by atoms with E-state index in [9.17, 15) is 18.0 Å². The Hall–Kier alpha value is -1.47. The van der Waals surface area contributed by atoms with Crippen LogP contribution in [-0.4, -0.2) is 36.3 Å². The summed E-state index contributed by atoms with van der Waals surface area (Å²) in [5.41, 5.74) is -2.59. The molecule has 1 aromatic rings. The normalized spacial score (nSPS) is 26.8. The van der Waals surface area contributed by atoms with Crippen molar-refractivity contribution in [2.24, 2.45) is 5.92 Å². The van der Waals surface area contributed by atoms with Crippen LogP contribution < -0.4 is 5.32 Å². The summed E-state index contributed by atoms with van der Waals surface area (Å²) in [7, 11) is 0. The molecule has 0 spiro atoms. The molecule has 8 heteroatoms. The smallest absolute Gasteiger partial charge is 0.359 e. The number of alkyl halides is 3. The summed E-state index contributed by atoms with van der Waals surface area (Å²) >= 11 is 6.01. The summed E-state index contributed by atoms with van der Waals surface area (Å²) < 4.78 is 48.8. The van der Waals surface area contributed by atoms with E-state index >= 15 is 0 Å². The van der Waals surface area contributed by atoms with Gasteiger partial charge in [0, 0.05) is 22.3 Å². The molecule has 1 N–H and O–H groups in total. The van der Waals surface area contributed by atoms with Gasteiger partial charge in [-0.3, -0.25) is 0 Å². The molecule has 1 heterocycles. The number of ether oxygens (including phenoxy) is 1. The second-order valence-electron chi connectivity index (χ2n) is 7.41. The third-order valence-corrected chi connectivity index (χ3v) is 5.78. The molecule has 2 amide bonds. The second-order valence-corrected chi connectivity index (χ2v) is 7.85. The highest BCUT2D eigenvalue weighted by Crippen LogP contribution is 2.49. The van der Waals surface area contributed by atoms with Gasteiger partial charge < -0.3 is 15.0 Å². The van der Waals surface area contributed by atoms with Crippen LogP contribution in [0.4, 0.5) is 23.7 Å². The summed E-state index contributed by atoms with van der Waals surface area (Å²) in [6.07, 6.45) is -0.604. The van der Waals surface area contributed by atoms with Crippen LogP contribution in [0.1, 0.15) is 37.7 Å². The van der Waals surface area contributed by atoms with E-state index in [2.05, 4.69) is 5.32 Å². The zero-order chi connectivity index (χ0) is 18.5. The highest BCUT2D eigenvalue weighted by atomic mass is 35.5. The van der Waals surface area contributed by atoms with Gasteiger partial charge in [0.15, 0.2) is 0 Å². The standard InChI is InChI=1S/C18H20ClF3N2O2/c19-12-6-7-15-14(8-12)17(18(20,21)22,26-9-11-4-5-11)10-24(16(25)23-15)13-2-1-3-13/h6-8,11,13H,1-5,9-10H2,(H,23,25)/t17-/m0/s1. The monoisotopic (exact) mass is 388 g/mol. The number of carbonyl (C=O) groups excluding carboxylic acids is 1. The van der Waals surface area contributed by atoms with Crippen molar-refractivity contribution >= 4 is 23.3 Å². The lowest BCUT2D eigenvalue weighted by molar-refractivity contribution is -0.290. The summed E-state index contributed by atoms with van der Waals surface area (Å²) in [4.78, 5) is 13.9. The van der Waals surface area contributed by atoms with Gasteiger partial charge in [0.25, 0.3) is 0 Å². The van der Waals surface area contributed by atoms with Crippen LogP contribution >= 0.6 is 11.6 Å². The molecule has 2 fully saturated rings. The average Bonchev–Trinajstić information content (AvgIpc) is 3.33. The van der Waals surface area contributed by atoms with Crippen LogP contribution in [0.3, 0.4) is 0 Å². The maximum Gasteiger partial charge on any atom is 0.423 e. The van der Waals surface area contributed by atoms with Crippen LogP contribution in [0.15, 0.2) is 18.2 Å². The van der Waals surface area contributed by atoms with Crippen molar-refractivity contribution in [3.63, 3.8) is 0 Å². The summed E-state index contributed by atoms with van der Waals surface area (Å²) in [6.45, 7) is -0.523. The fraction of sp³-hybridized carbons (Fsp3) is 0.611. The predicted molar refractivity (Wildman–Crippen MR) is 91.2 cm³/mol. The number of nitrogens with one attached hydrogen (secondary N) is 1. The molecule has 2 aliphatic carbocycles. The lowest BCUT2D eigenvalue weighted by atomic mass is 9.87. The first kappa shape index (κ1) is 17.9. The van der Waals surface area contributed by atoms with Crippen molar-refractivity contribution in [2.45, 2.75) is 49.9 Å². The molecule has 0 unspecified atom stereocenters. The van der Waals surface area contributed by atoms with Crippen LogP contribution in [0, 0.1) is 5.92 Å². The lowest BCUT2D eigenvalue weighted by Crippen LogP contribution is -2.56. The molecule has 3 aliphatic rings. The van der Waals surface area contributed by atoms with E-state index in [0.717, 1.165) is 19.3 Å². The summed E-state index contributed by atoms with van der Waals surface area (Å²) in [5, 5.41) is 2.81. The number of benzene rings is 1. The Morgan fingerprint density at radius 3 is 2.58 bits per heavy atom. The maximum atomic E-state index is 14.4.